The highest BCUT2D eigenvalue weighted by Crippen LogP contribution is 2.43. The summed E-state index contributed by atoms with van der Waals surface area (Å²) in [6.07, 6.45) is 2.72. The monoisotopic (exact) mass is 586 g/mol. The van der Waals surface area contributed by atoms with Gasteiger partial charge in [0.15, 0.2) is 0 Å². The van der Waals surface area contributed by atoms with Crippen LogP contribution in [-0.4, -0.2) is 33.0 Å². The van der Waals surface area contributed by atoms with E-state index in [2.05, 4.69) is 106 Å². The third-order valence-electron chi connectivity index (χ3n) is 9.65. The van der Waals surface area contributed by atoms with Crippen LogP contribution in [0, 0.1) is 13.8 Å². The molecule has 1 aromatic carbocycles. The lowest BCUT2D eigenvalue weighted by molar-refractivity contribution is -0.140. The van der Waals surface area contributed by atoms with Crippen molar-refractivity contribution < 1.29 is 9.53 Å². The van der Waals surface area contributed by atoms with E-state index >= 15 is 0 Å². The summed E-state index contributed by atoms with van der Waals surface area (Å²) in [4.78, 5) is 30.2. The number of nitrogens with zero attached hydrogens (tertiary/aromatic N) is 2. The van der Waals surface area contributed by atoms with Crippen LogP contribution in [0.25, 0.3) is 33.2 Å². The predicted molar refractivity (Wildman–Crippen MR) is 180 cm³/mol. The number of benzene rings is 1. The average molecular weight is 587 g/mol. The van der Waals surface area contributed by atoms with Gasteiger partial charge in [-0.2, -0.15) is 0 Å². The first-order chi connectivity index (χ1) is 21.2. The fourth-order valence-corrected chi connectivity index (χ4v) is 7.06. The fraction of sp³-hybridized carbons (Fsp3) is 0.342. The van der Waals surface area contributed by atoms with Crippen molar-refractivity contribution in [3.05, 3.63) is 105 Å². The number of aryl methyl sites for hydroxylation is 4. The summed E-state index contributed by atoms with van der Waals surface area (Å²) in [6, 6.07) is 19.5. The first kappa shape index (κ1) is 29.6. The van der Waals surface area contributed by atoms with Gasteiger partial charge in [0.05, 0.1) is 24.2 Å². The topological polar surface area (TPSA) is 83.7 Å². The summed E-state index contributed by atoms with van der Waals surface area (Å²) in [7, 11) is 1.44. The van der Waals surface area contributed by atoms with E-state index in [9.17, 15) is 4.79 Å². The van der Waals surface area contributed by atoms with Gasteiger partial charge < -0.3 is 14.7 Å². The van der Waals surface area contributed by atoms with E-state index in [1.165, 1.54) is 34.9 Å². The molecule has 44 heavy (non-hydrogen) atoms. The van der Waals surface area contributed by atoms with Crippen molar-refractivity contribution >= 4 is 39.2 Å². The molecule has 0 amide bonds. The van der Waals surface area contributed by atoms with Crippen molar-refractivity contribution in [1.29, 1.82) is 0 Å². The van der Waals surface area contributed by atoms with Crippen LogP contribution in [0.2, 0.25) is 0 Å². The normalized spacial score (nSPS) is 16.4. The number of aromatic amines is 2. The van der Waals surface area contributed by atoms with E-state index in [0.717, 1.165) is 68.8 Å². The van der Waals surface area contributed by atoms with Gasteiger partial charge in [-0.15, -0.1) is 0 Å². The second-order valence-corrected chi connectivity index (χ2v) is 12.1. The molecule has 0 aliphatic carbocycles. The van der Waals surface area contributed by atoms with Crippen LogP contribution in [0.5, 0.6) is 0 Å². The highest BCUT2D eigenvalue weighted by molar-refractivity contribution is 5.93. The number of nitrogens with one attached hydrogen (secondary N) is 2. The van der Waals surface area contributed by atoms with Crippen LogP contribution in [0.4, 0.5) is 0 Å². The summed E-state index contributed by atoms with van der Waals surface area (Å²) >= 11 is 0. The zero-order valence-electron chi connectivity index (χ0n) is 26.9. The lowest BCUT2D eigenvalue weighted by Gasteiger charge is -2.16. The Morgan fingerprint density at radius 3 is 2.05 bits per heavy atom. The van der Waals surface area contributed by atoms with Gasteiger partial charge in [-0.25, -0.2) is 4.98 Å². The molecule has 2 N–H and O–H groups in total. The van der Waals surface area contributed by atoms with Crippen LogP contribution in [0.1, 0.15) is 103 Å². The molecule has 2 aliphatic heterocycles. The molecule has 0 spiro atoms. The Morgan fingerprint density at radius 1 is 0.795 bits per heavy atom. The number of carbonyl (C=O) groups excluding carboxylic acids is 1. The maximum Gasteiger partial charge on any atom is 0.305 e. The van der Waals surface area contributed by atoms with E-state index in [4.69, 9.17) is 14.7 Å². The molecule has 0 fully saturated rings. The minimum absolute atomic E-state index is 0.0860. The van der Waals surface area contributed by atoms with Crippen LogP contribution < -0.4 is 0 Å². The molecule has 0 saturated carbocycles. The Labute approximate surface area is 259 Å². The smallest absolute Gasteiger partial charge is 0.305 e. The highest BCUT2D eigenvalue weighted by Gasteiger charge is 2.31. The first-order valence-corrected chi connectivity index (χ1v) is 15.8. The number of rotatable bonds is 6. The van der Waals surface area contributed by atoms with Crippen molar-refractivity contribution in [3.8, 4) is 0 Å². The Morgan fingerprint density at radius 2 is 1.43 bits per heavy atom. The van der Waals surface area contributed by atoms with Gasteiger partial charge in [0, 0.05) is 46.0 Å². The molecule has 0 radical (unpaired) electrons. The number of hydrogen-bond donors (Lipinski definition) is 2. The van der Waals surface area contributed by atoms with Gasteiger partial charge in [-0.3, -0.25) is 9.78 Å². The molecule has 6 rings (SSSR count). The maximum atomic E-state index is 12.2. The number of aromatic nitrogens is 4. The summed E-state index contributed by atoms with van der Waals surface area (Å²) in [6.45, 7) is 13.2. The molecule has 0 saturated heterocycles. The van der Waals surface area contributed by atoms with Gasteiger partial charge in [0.1, 0.15) is 0 Å². The minimum atomic E-state index is -0.223. The Balaban J connectivity index is 1.72. The zero-order valence-corrected chi connectivity index (χ0v) is 26.9. The van der Waals surface area contributed by atoms with Gasteiger partial charge in [-0.1, -0.05) is 51.1 Å². The molecule has 6 nitrogen and oxygen atoms in total. The van der Waals surface area contributed by atoms with Gasteiger partial charge >= 0.3 is 5.97 Å². The molecule has 0 unspecified atom stereocenters. The minimum Gasteiger partial charge on any atom is -0.469 e. The van der Waals surface area contributed by atoms with E-state index in [0.29, 0.717) is 12.8 Å². The molecular formula is C38H42N4O2. The number of carbonyl (C=O) groups is 1. The number of methoxy groups -OCH3 is 1. The second kappa shape index (κ2) is 11.9. The van der Waals surface area contributed by atoms with Crippen LogP contribution in [0.15, 0.2) is 54.6 Å². The Kier molecular flexibility index (Phi) is 8.02. The first-order valence-electron chi connectivity index (χ1n) is 15.8. The number of hydrogen-bond acceptors (Lipinski definition) is 4. The largest absolute Gasteiger partial charge is 0.469 e. The van der Waals surface area contributed by atoms with Gasteiger partial charge in [0.25, 0.3) is 0 Å². The lowest BCUT2D eigenvalue weighted by atomic mass is 9.85. The molecule has 8 bridgehead atoms. The third kappa shape index (κ3) is 5.17. The lowest BCUT2D eigenvalue weighted by Crippen LogP contribution is -2.04. The predicted octanol–water partition coefficient (Wildman–Crippen LogP) is 8.88. The van der Waals surface area contributed by atoms with Gasteiger partial charge in [0.2, 0.25) is 0 Å². The van der Waals surface area contributed by atoms with Gasteiger partial charge in [-0.05, 0) is 103 Å². The summed E-state index contributed by atoms with van der Waals surface area (Å²) in [5.74, 6) is 0.0301. The maximum absolute atomic E-state index is 12.2. The van der Waals surface area contributed by atoms with Crippen molar-refractivity contribution in [1.82, 2.24) is 19.9 Å². The zero-order chi connectivity index (χ0) is 31.1. The fourth-order valence-electron chi connectivity index (χ4n) is 7.06. The molecule has 2 atom stereocenters. The average Bonchev–Trinajstić information content (AvgIpc) is 3.69. The summed E-state index contributed by atoms with van der Waals surface area (Å²) < 4.78 is 5.00. The van der Waals surface area contributed by atoms with Crippen molar-refractivity contribution in [2.45, 2.75) is 79.1 Å². The number of esters is 1. The number of ether oxygens (including phenoxy) is 1. The number of allylic oxidation sites excluding steroid dienone is 2. The van der Waals surface area contributed by atoms with E-state index < -0.39 is 0 Å². The molecule has 5 heterocycles. The SMILES string of the molecule is CCc1c(C)c2cc3nc(cc4nc(cc5[nH]c(cc1[nH]2)c(CC)c5C)[C@H](C)[C@H]4c1ccccc1)C(CCC(=O)OC)=C3C. The van der Waals surface area contributed by atoms with E-state index in [1.807, 2.05) is 0 Å². The highest BCUT2D eigenvalue weighted by atomic mass is 16.5. The van der Waals surface area contributed by atoms with Crippen LogP contribution >= 0.6 is 0 Å². The quantitative estimate of drug-likeness (QED) is 0.221. The van der Waals surface area contributed by atoms with Crippen molar-refractivity contribution in [2.24, 2.45) is 0 Å². The number of H-pyrrole nitrogens is 2. The Bertz CT molecular complexity index is 1940. The van der Waals surface area contributed by atoms with Crippen molar-refractivity contribution in [3.63, 3.8) is 0 Å². The molecule has 2 aliphatic rings. The molecule has 226 valence electrons. The molecule has 3 aromatic heterocycles. The Hall–Kier alpha value is -4.45. The summed E-state index contributed by atoms with van der Waals surface area (Å²) in [5, 5.41) is 0. The van der Waals surface area contributed by atoms with E-state index in [-0.39, 0.29) is 17.8 Å². The summed E-state index contributed by atoms with van der Waals surface area (Å²) in [5.41, 5.74) is 16.8. The third-order valence-corrected chi connectivity index (χ3v) is 9.65. The second-order valence-electron chi connectivity index (χ2n) is 12.1. The molecule has 6 heteroatoms. The van der Waals surface area contributed by atoms with Crippen LogP contribution in [-0.2, 0) is 22.4 Å². The van der Waals surface area contributed by atoms with Crippen LogP contribution in [0.3, 0.4) is 0 Å². The number of fused-ring (bicyclic) bond motifs is 8. The molecule has 4 aromatic rings. The molecular weight excluding hydrogens is 544 g/mol. The standard InChI is InChI=1S/C38H42N4O2/c1-8-26-21(3)29-17-31-23(5)28(15-16-37(43)44-7)35(41-31)20-36-38(25-13-11-10-12-14-25)24(6)32(42-36)18-30-22(4)27(9-2)34(40-30)19-33(26)39-29/h10-14,17-20,24,38-40H,8-9,15-16H2,1-7H3/t24-,38-/m0/s1. The van der Waals surface area contributed by atoms with E-state index in [1.54, 1.807) is 0 Å². The van der Waals surface area contributed by atoms with Crippen molar-refractivity contribution in [2.75, 3.05) is 7.11 Å².